The van der Waals surface area contributed by atoms with Gasteiger partial charge in [-0.15, -0.1) is 0 Å². The van der Waals surface area contributed by atoms with Crippen LogP contribution >= 0.6 is 0 Å². The first-order valence-electron chi connectivity index (χ1n) is 6.86. The Labute approximate surface area is 94.0 Å². The molecule has 0 saturated heterocycles. The highest BCUT2D eigenvalue weighted by Gasteiger charge is 2.27. The van der Waals surface area contributed by atoms with Crippen LogP contribution in [0.5, 0.6) is 0 Å². The van der Waals surface area contributed by atoms with Crippen LogP contribution in [0.4, 0.5) is 0 Å². The summed E-state index contributed by atoms with van der Waals surface area (Å²) in [6.07, 6.45) is 12.6. The molecule has 2 unspecified atom stereocenters. The van der Waals surface area contributed by atoms with E-state index in [-0.39, 0.29) is 0 Å². The van der Waals surface area contributed by atoms with E-state index in [1.54, 1.807) is 0 Å². The Morgan fingerprint density at radius 1 is 0.867 bits per heavy atom. The van der Waals surface area contributed by atoms with E-state index < -0.39 is 0 Å². The maximum atomic E-state index is 5.82. The van der Waals surface area contributed by atoms with Gasteiger partial charge >= 0.3 is 0 Å². The average Bonchev–Trinajstić information content (AvgIpc) is 2.53. The number of hydrogen-bond acceptors (Lipinski definition) is 2. The lowest BCUT2D eigenvalue weighted by Gasteiger charge is -2.25. The molecule has 2 aliphatic rings. The molecule has 0 spiro atoms. The summed E-state index contributed by atoms with van der Waals surface area (Å²) in [4.78, 5) is 0. The normalized spacial score (nSPS) is 34.2. The topological polar surface area (TPSA) is 38.0 Å². The van der Waals surface area contributed by atoms with E-state index in [1.807, 2.05) is 0 Å². The summed E-state index contributed by atoms with van der Waals surface area (Å²) in [6, 6.07) is 1.53. The van der Waals surface area contributed by atoms with Gasteiger partial charge in [0.2, 0.25) is 0 Å². The third kappa shape index (κ3) is 3.18. The molecule has 2 saturated carbocycles. The van der Waals surface area contributed by atoms with Gasteiger partial charge in [-0.05, 0) is 38.1 Å². The highest BCUT2D eigenvalue weighted by atomic mass is 15.0. The molecule has 2 heteroatoms. The molecule has 3 N–H and O–H groups in total. The second-order valence-electron chi connectivity index (χ2n) is 5.39. The fourth-order valence-electron chi connectivity index (χ4n) is 3.29. The van der Waals surface area contributed by atoms with Gasteiger partial charge in [0.1, 0.15) is 0 Å². The highest BCUT2D eigenvalue weighted by Crippen LogP contribution is 2.27. The van der Waals surface area contributed by atoms with Gasteiger partial charge in [-0.2, -0.15) is 0 Å². The van der Waals surface area contributed by atoms with Gasteiger partial charge in [-0.3, -0.25) is 0 Å². The minimum atomic E-state index is 0.734. The average molecular weight is 210 g/mol. The zero-order valence-corrected chi connectivity index (χ0v) is 9.88. The lowest BCUT2D eigenvalue weighted by atomic mass is 10.0. The van der Waals surface area contributed by atoms with Crippen molar-refractivity contribution in [3.05, 3.63) is 0 Å². The standard InChI is InChI=1S/C13H26N2/c14-10-11-6-5-9-13(11)15-12-7-3-1-2-4-8-12/h11-13,15H,1-10,14H2. The smallest absolute Gasteiger partial charge is 0.0110 e. The monoisotopic (exact) mass is 210 g/mol. The van der Waals surface area contributed by atoms with Crippen molar-refractivity contribution in [1.29, 1.82) is 0 Å². The van der Waals surface area contributed by atoms with Crippen LogP contribution in [-0.2, 0) is 0 Å². The minimum Gasteiger partial charge on any atom is -0.330 e. The quantitative estimate of drug-likeness (QED) is 0.702. The number of hydrogen-bond donors (Lipinski definition) is 2. The van der Waals surface area contributed by atoms with Gasteiger partial charge in [0.25, 0.3) is 0 Å². The molecule has 2 nitrogen and oxygen atoms in total. The molecule has 0 aromatic carbocycles. The summed E-state index contributed by atoms with van der Waals surface area (Å²) in [5, 5.41) is 3.88. The van der Waals surface area contributed by atoms with E-state index in [9.17, 15) is 0 Å². The molecule has 0 aliphatic heterocycles. The zero-order chi connectivity index (χ0) is 10.5. The number of nitrogens with two attached hydrogens (primary N) is 1. The van der Waals surface area contributed by atoms with Gasteiger partial charge in [-0.25, -0.2) is 0 Å². The number of rotatable bonds is 3. The maximum Gasteiger partial charge on any atom is 0.0110 e. The summed E-state index contributed by atoms with van der Waals surface area (Å²) < 4.78 is 0. The predicted molar refractivity (Wildman–Crippen MR) is 64.8 cm³/mol. The summed E-state index contributed by atoms with van der Waals surface area (Å²) in [6.45, 7) is 0.879. The molecule has 88 valence electrons. The molecule has 0 heterocycles. The van der Waals surface area contributed by atoms with E-state index in [0.717, 1.165) is 24.5 Å². The van der Waals surface area contributed by atoms with E-state index in [4.69, 9.17) is 5.73 Å². The predicted octanol–water partition coefficient (Wildman–Crippen LogP) is 2.43. The summed E-state index contributed by atoms with van der Waals surface area (Å²) in [5.41, 5.74) is 5.82. The van der Waals surface area contributed by atoms with E-state index in [1.165, 1.54) is 57.8 Å². The van der Waals surface area contributed by atoms with Crippen molar-refractivity contribution < 1.29 is 0 Å². The van der Waals surface area contributed by atoms with Crippen LogP contribution in [0.2, 0.25) is 0 Å². The van der Waals surface area contributed by atoms with E-state index in [0.29, 0.717) is 0 Å². The van der Waals surface area contributed by atoms with Gasteiger partial charge in [0.05, 0.1) is 0 Å². The first kappa shape index (κ1) is 11.4. The summed E-state index contributed by atoms with van der Waals surface area (Å²) >= 11 is 0. The van der Waals surface area contributed by atoms with Crippen molar-refractivity contribution in [2.75, 3.05) is 6.54 Å². The molecule has 2 atom stereocenters. The van der Waals surface area contributed by atoms with Crippen LogP contribution in [0.3, 0.4) is 0 Å². The van der Waals surface area contributed by atoms with Crippen molar-refractivity contribution in [2.45, 2.75) is 69.9 Å². The van der Waals surface area contributed by atoms with Crippen molar-refractivity contribution in [2.24, 2.45) is 11.7 Å². The Balaban J connectivity index is 1.78. The Hall–Kier alpha value is -0.0800. The fourth-order valence-corrected chi connectivity index (χ4v) is 3.29. The summed E-state index contributed by atoms with van der Waals surface area (Å²) in [5.74, 6) is 0.758. The molecule has 2 fully saturated rings. The van der Waals surface area contributed by atoms with Gasteiger partial charge in [-0.1, -0.05) is 32.1 Å². The molecule has 15 heavy (non-hydrogen) atoms. The Morgan fingerprint density at radius 3 is 2.27 bits per heavy atom. The Bertz CT molecular complexity index is 173. The Kier molecular flexibility index (Phi) is 4.45. The highest BCUT2D eigenvalue weighted by molar-refractivity contribution is 4.86. The molecule has 0 radical (unpaired) electrons. The second-order valence-corrected chi connectivity index (χ2v) is 5.39. The molecular formula is C13H26N2. The lowest BCUT2D eigenvalue weighted by molar-refractivity contribution is 0.339. The van der Waals surface area contributed by atoms with Crippen molar-refractivity contribution >= 4 is 0 Å². The third-order valence-electron chi connectivity index (χ3n) is 4.27. The lowest BCUT2D eigenvalue weighted by Crippen LogP contribution is -2.42. The van der Waals surface area contributed by atoms with Crippen LogP contribution in [0.1, 0.15) is 57.8 Å². The zero-order valence-electron chi connectivity index (χ0n) is 9.88. The molecule has 0 bridgehead atoms. The largest absolute Gasteiger partial charge is 0.330 e. The molecular weight excluding hydrogens is 184 g/mol. The van der Waals surface area contributed by atoms with Crippen LogP contribution in [0.15, 0.2) is 0 Å². The molecule has 2 rings (SSSR count). The number of nitrogens with one attached hydrogen (secondary N) is 1. The maximum absolute atomic E-state index is 5.82. The Morgan fingerprint density at radius 2 is 1.60 bits per heavy atom. The van der Waals surface area contributed by atoms with Gasteiger partial charge < -0.3 is 11.1 Å². The van der Waals surface area contributed by atoms with Crippen molar-refractivity contribution in [1.82, 2.24) is 5.32 Å². The summed E-state index contributed by atoms with van der Waals surface area (Å²) in [7, 11) is 0. The fraction of sp³-hybridized carbons (Fsp3) is 1.00. The third-order valence-corrected chi connectivity index (χ3v) is 4.27. The van der Waals surface area contributed by atoms with Crippen LogP contribution in [0, 0.1) is 5.92 Å². The minimum absolute atomic E-state index is 0.734. The van der Waals surface area contributed by atoms with E-state index in [2.05, 4.69) is 5.32 Å². The van der Waals surface area contributed by atoms with Crippen LogP contribution in [-0.4, -0.2) is 18.6 Å². The second kappa shape index (κ2) is 5.86. The molecule has 0 amide bonds. The first-order valence-corrected chi connectivity index (χ1v) is 6.86. The van der Waals surface area contributed by atoms with Gasteiger partial charge in [0.15, 0.2) is 0 Å². The van der Waals surface area contributed by atoms with Crippen molar-refractivity contribution in [3.63, 3.8) is 0 Å². The van der Waals surface area contributed by atoms with Crippen LogP contribution < -0.4 is 11.1 Å². The first-order chi connectivity index (χ1) is 7.40. The molecule has 0 aromatic heterocycles. The molecule has 0 aromatic rings. The van der Waals surface area contributed by atoms with Gasteiger partial charge in [0, 0.05) is 12.1 Å². The molecule has 2 aliphatic carbocycles. The SMILES string of the molecule is NCC1CCCC1NC1CCCCCC1. The van der Waals surface area contributed by atoms with Crippen molar-refractivity contribution in [3.8, 4) is 0 Å². The van der Waals surface area contributed by atoms with E-state index >= 15 is 0 Å². The van der Waals surface area contributed by atoms with Crippen LogP contribution in [0.25, 0.3) is 0 Å².